The van der Waals surface area contributed by atoms with Crippen LogP contribution in [0.3, 0.4) is 0 Å². The predicted molar refractivity (Wildman–Crippen MR) is 509 cm³/mol. The lowest BCUT2D eigenvalue weighted by molar-refractivity contribution is -0.198. The topological polar surface area (TPSA) is 370 Å². The fourth-order valence-electron chi connectivity index (χ4n) is 18.2. The van der Waals surface area contributed by atoms with Crippen molar-refractivity contribution in [1.29, 1.82) is 0 Å². The first-order valence-corrected chi connectivity index (χ1v) is 45.1. The summed E-state index contributed by atoms with van der Waals surface area (Å²) in [6.07, 6.45) is 10.3. The van der Waals surface area contributed by atoms with Gasteiger partial charge >= 0.3 is 11.9 Å². The first-order valence-electron chi connectivity index (χ1n) is 45.1. The third kappa shape index (κ3) is 19.4. The third-order valence-corrected chi connectivity index (χ3v) is 25.3. The van der Waals surface area contributed by atoms with E-state index >= 15 is 0 Å². The van der Waals surface area contributed by atoms with Gasteiger partial charge in [0.2, 0.25) is 0 Å². The number of hydrogen-bond donors (Lipinski definition) is 2. The Morgan fingerprint density at radius 3 is 1.01 bits per heavy atom. The molecule has 0 unspecified atom stereocenters. The number of methoxy groups -OCH3 is 2. The second kappa shape index (κ2) is 39.8. The summed E-state index contributed by atoms with van der Waals surface area (Å²) >= 11 is 0. The summed E-state index contributed by atoms with van der Waals surface area (Å²) in [4.78, 5) is 159. The van der Waals surface area contributed by atoms with Gasteiger partial charge in [0.1, 0.15) is 37.9 Å². The molecule has 10 aliphatic rings. The summed E-state index contributed by atoms with van der Waals surface area (Å²) in [6.45, 7) is 6.21. The molecule has 2 saturated heterocycles. The van der Waals surface area contributed by atoms with Crippen molar-refractivity contribution in [2.75, 3.05) is 97.2 Å². The fourth-order valence-corrected chi connectivity index (χ4v) is 18.2. The van der Waals surface area contributed by atoms with E-state index in [1.807, 2.05) is 224 Å². The monoisotopic (exact) mass is 1850 g/mol. The van der Waals surface area contributed by atoms with Crippen LogP contribution in [0.4, 0.5) is 56.9 Å². The molecule has 10 aromatic carbocycles. The zero-order valence-electron chi connectivity index (χ0n) is 76.1. The quantitative estimate of drug-likeness (QED) is 0.0250. The van der Waals surface area contributed by atoms with Crippen LogP contribution in [0.15, 0.2) is 202 Å². The lowest BCUT2D eigenvalue weighted by Gasteiger charge is -2.23. The lowest BCUT2D eigenvalue weighted by Crippen LogP contribution is -2.37. The molecule has 33 heteroatoms. The van der Waals surface area contributed by atoms with Crippen LogP contribution in [0.5, 0.6) is 34.5 Å². The van der Waals surface area contributed by atoms with Gasteiger partial charge in [-0.2, -0.15) is 5.06 Å². The molecule has 20 rings (SSSR count). The minimum Gasteiger partial charge on any atom is -0.493 e. The molecule has 0 spiro atoms. The highest BCUT2D eigenvalue weighted by molar-refractivity contribution is 6.18. The van der Waals surface area contributed by atoms with Crippen LogP contribution in [0.25, 0.3) is 0 Å². The molecule has 0 aliphatic carbocycles. The van der Waals surface area contributed by atoms with Gasteiger partial charge in [0.25, 0.3) is 47.3 Å². The second-order valence-corrected chi connectivity index (χ2v) is 34.5. The van der Waals surface area contributed by atoms with Crippen LogP contribution in [0.1, 0.15) is 136 Å². The van der Waals surface area contributed by atoms with Gasteiger partial charge in [0, 0.05) is 162 Å². The summed E-state index contributed by atoms with van der Waals surface area (Å²) in [7, 11) is 6.93. The molecule has 2 N–H and O–H groups in total. The highest BCUT2D eigenvalue weighted by Gasteiger charge is 2.42. The number of rotatable bonds is 29. The maximum atomic E-state index is 14.0. The Labute approximate surface area is 788 Å². The summed E-state index contributed by atoms with van der Waals surface area (Å²) < 4.78 is 48.8. The van der Waals surface area contributed by atoms with Crippen molar-refractivity contribution in [2.24, 2.45) is 20.0 Å². The molecule has 700 valence electrons. The number of benzene rings is 10. The van der Waals surface area contributed by atoms with Crippen molar-refractivity contribution in [3.63, 3.8) is 0 Å². The number of nitrogens with zero attached hydrogens (tertiary/aromatic N) is 12. The van der Waals surface area contributed by atoms with Crippen molar-refractivity contribution in [3.05, 3.63) is 260 Å². The number of amides is 8. The molecule has 10 heterocycles. The minimum absolute atomic E-state index is 0.0193. The summed E-state index contributed by atoms with van der Waals surface area (Å²) in [5, 5.41) is 18.1. The van der Waals surface area contributed by atoms with Gasteiger partial charge < -0.3 is 57.6 Å². The van der Waals surface area contributed by atoms with Crippen LogP contribution in [-0.4, -0.2) is 196 Å². The van der Waals surface area contributed by atoms with Gasteiger partial charge in [-0.05, 0) is 154 Å². The molecular weight excluding hydrogens is 1750 g/mol. The fraction of sp³-hybridized carbons (Fsp3) is 0.288. The number of aliphatic carboxylic acids is 1. The van der Waals surface area contributed by atoms with Crippen LogP contribution in [0.2, 0.25) is 0 Å². The molecular formula is C104H98N12O21. The number of aryl methyl sites for hydroxylation is 2. The molecule has 0 bridgehead atoms. The second-order valence-electron chi connectivity index (χ2n) is 34.5. The van der Waals surface area contributed by atoms with Crippen molar-refractivity contribution >= 4 is 141 Å². The van der Waals surface area contributed by atoms with Gasteiger partial charge in [-0.3, -0.25) is 87.9 Å². The minimum atomic E-state index is -0.907. The van der Waals surface area contributed by atoms with E-state index in [1.54, 1.807) is 41.2 Å². The van der Waals surface area contributed by atoms with Crippen LogP contribution < -0.4 is 57.8 Å². The Bertz CT molecular complexity index is 6640. The van der Waals surface area contributed by atoms with E-state index < -0.39 is 35.6 Å². The van der Waals surface area contributed by atoms with Crippen molar-refractivity contribution in [2.45, 2.75) is 129 Å². The number of hydroxylamine groups is 4. The molecule has 0 radical (unpaired) electrons. The Balaban J connectivity index is 0.000000169. The molecule has 0 aromatic heterocycles. The summed E-state index contributed by atoms with van der Waals surface area (Å²) in [5.41, 5.74) is 18.7. The molecule has 2 fully saturated rings. The van der Waals surface area contributed by atoms with Crippen LogP contribution in [-0.2, 0) is 95.2 Å². The highest BCUT2D eigenvalue weighted by Crippen LogP contribution is 2.47. The lowest BCUT2D eigenvalue weighted by atomic mass is 10.1. The van der Waals surface area contributed by atoms with E-state index in [4.69, 9.17) is 73.0 Å². The SMILES string of the molecule is COc1cc2c(cc1OCc1cc(COc3cc4c(cc3C)C(=O)N3c5ccccc5C[C@H]3C=N4)cc(N(C)CCOCCC(=O)O)c1)N=C[C@@H]1Cc3ccccc3N1C2=O.COc1cc2c(cc1OCc1cc(COc3cc4c(cc3C)C(=O)N3c5ccccc5C[C@H]3C=N4)cc(N(C)CCOCCC(=O)ON3C(=O)CCC3=O)c1)N=C[C@@H]1Cc3ccccc3N1C2=O.O=C1CCC(=O)N1O. The number of likely N-dealkylation sites (N-methyl/N-ethyl adjacent to an activating group) is 2. The number of fused-ring (bicyclic) bond motifs is 16. The summed E-state index contributed by atoms with van der Waals surface area (Å²) in [6, 6.07) is 57.3. The highest BCUT2D eigenvalue weighted by atomic mass is 16.7. The number of para-hydroxylation sites is 4. The smallest absolute Gasteiger partial charge is 0.335 e. The number of imide groups is 2. The Kier molecular flexibility index (Phi) is 26.7. The number of carbonyl (C=O) groups is 10. The van der Waals surface area contributed by atoms with Crippen molar-refractivity contribution in [1.82, 2.24) is 10.1 Å². The molecule has 33 nitrogen and oxygen atoms in total. The van der Waals surface area contributed by atoms with Gasteiger partial charge in [0.15, 0.2) is 23.0 Å². The van der Waals surface area contributed by atoms with E-state index in [0.29, 0.717) is 130 Å². The third-order valence-electron chi connectivity index (χ3n) is 25.3. The van der Waals surface area contributed by atoms with Gasteiger partial charge in [0.05, 0.1) is 123 Å². The van der Waals surface area contributed by atoms with E-state index in [-0.39, 0.29) is 138 Å². The van der Waals surface area contributed by atoms with Gasteiger partial charge in [-0.1, -0.05) is 72.8 Å². The number of aliphatic imine (C=N–C) groups is 4. The average Bonchev–Trinajstić information content (AvgIpc) is 1.62. The number of carboxylic acids is 1. The van der Waals surface area contributed by atoms with Gasteiger partial charge in [-0.15, -0.1) is 5.06 Å². The number of anilines is 6. The standard InChI is InChI=1S/C52H48N6O10.C48H45N5O8.C4H5NO3/c1-31-18-39-41(53-27-37-22-34-8-4-6-10-43(34)56(37)51(39)62)25-45(31)66-29-32-19-33(21-36(20-32)55(2)15-17-65-16-14-50(61)68-58-48(59)12-13-49(58)60)30-67-47-26-42-40(24-46(47)64-3)52(63)57-38(28-54-42)23-35-9-5-7-11-44(35)57;1-29-16-37-39(49-25-35-20-32-8-4-6-10-41(32)52(35)47(37)56)23-43(29)60-27-30-17-31(19-34(18-30)51(2)13-15-59-14-12-46(54)55)28-61-45-24-40-38(22-44(45)58-3)48(57)53-36(26-50-40)21-33-9-5-7-11-42(33)53;6-3-1-2-4(7)5(3)8/h4-11,18-21,24-28,37-38H,12-17,22-23,29-30H2,1-3H3;4-11,16-19,22-26,35-36H,12-15,20-21,27-28H2,1-3H3,(H,54,55);8H,1-2H2/t37-,38-;35-,36-;/m00./s1. The van der Waals surface area contributed by atoms with Crippen LogP contribution >= 0.6 is 0 Å². The van der Waals surface area contributed by atoms with Crippen LogP contribution in [0, 0.1) is 13.8 Å². The number of ether oxygens (including phenoxy) is 8. The van der Waals surface area contributed by atoms with Gasteiger partial charge in [-0.25, -0.2) is 4.79 Å². The molecule has 4 atom stereocenters. The Morgan fingerprint density at radius 1 is 0.380 bits per heavy atom. The Hall–Kier alpha value is -15.7. The van der Waals surface area contributed by atoms with E-state index in [1.165, 1.54) is 7.11 Å². The number of carboxylic acid groups (broad SMARTS) is 1. The first kappa shape index (κ1) is 91.7. The van der Waals surface area contributed by atoms with E-state index in [0.717, 1.165) is 89.8 Å². The maximum Gasteiger partial charge on any atom is 0.335 e. The predicted octanol–water partition coefficient (Wildman–Crippen LogP) is 14.4. The number of carbonyl (C=O) groups excluding carboxylic acids is 9. The summed E-state index contributed by atoms with van der Waals surface area (Å²) in [5.74, 6) is -1.35. The average molecular weight is 1850 g/mol. The largest absolute Gasteiger partial charge is 0.493 e. The first-order chi connectivity index (χ1) is 66.4. The maximum absolute atomic E-state index is 14.0. The molecule has 8 amide bonds. The van der Waals surface area contributed by atoms with Crippen molar-refractivity contribution in [3.8, 4) is 34.5 Å². The van der Waals surface area contributed by atoms with E-state index in [9.17, 15) is 47.9 Å². The molecule has 10 aromatic rings. The number of hydrogen-bond acceptors (Lipinski definition) is 26. The molecule has 137 heavy (non-hydrogen) atoms. The normalized spacial score (nSPS) is 17.3. The molecule has 0 saturated carbocycles. The molecule has 10 aliphatic heterocycles. The van der Waals surface area contributed by atoms with Crippen molar-refractivity contribution < 1.29 is 101 Å². The van der Waals surface area contributed by atoms with E-state index in [2.05, 4.69) is 6.07 Å². The zero-order valence-corrected chi connectivity index (χ0v) is 76.1. The zero-order chi connectivity index (χ0) is 95.4. The Morgan fingerprint density at radius 2 is 0.686 bits per heavy atom.